The molecule has 2 rings (SSSR count). The number of hydrogen-bond acceptors (Lipinski definition) is 4. The number of nitrogens with zero attached hydrogens (tertiary/aromatic N) is 1. The minimum absolute atomic E-state index is 0.0501. The molecule has 2 N–H and O–H groups in total. The van der Waals surface area contributed by atoms with Crippen molar-refractivity contribution in [2.24, 2.45) is 0 Å². The minimum Gasteiger partial charge on any atom is -0.480 e. The van der Waals surface area contributed by atoms with Gasteiger partial charge in [-0.2, -0.15) is 4.31 Å². The monoisotopic (exact) mass is 284 g/mol. The summed E-state index contributed by atoms with van der Waals surface area (Å²) in [6.45, 7) is 2.44. The first-order chi connectivity index (χ1) is 8.91. The SMILES string of the molecule is Cc1ccc(S(=O)(=O)N2CCNC(C(=O)O)C2)cc1. The number of aliphatic carboxylic acids is 1. The topological polar surface area (TPSA) is 86.7 Å². The maximum absolute atomic E-state index is 12.4. The lowest BCUT2D eigenvalue weighted by Gasteiger charge is -2.30. The molecule has 0 aromatic heterocycles. The van der Waals surface area contributed by atoms with Gasteiger partial charge in [-0.1, -0.05) is 17.7 Å². The molecule has 1 fully saturated rings. The van der Waals surface area contributed by atoms with Crippen LogP contribution in [-0.2, 0) is 14.8 Å². The highest BCUT2D eigenvalue weighted by Crippen LogP contribution is 2.17. The predicted octanol–water partition coefficient (Wildman–Crippen LogP) is 0.0421. The normalized spacial score (nSPS) is 21.2. The van der Waals surface area contributed by atoms with E-state index >= 15 is 0 Å². The summed E-state index contributed by atoms with van der Waals surface area (Å²) in [5.41, 5.74) is 0.975. The maximum atomic E-state index is 12.4. The average Bonchev–Trinajstić information content (AvgIpc) is 2.39. The molecule has 1 heterocycles. The van der Waals surface area contributed by atoms with Gasteiger partial charge >= 0.3 is 5.97 Å². The highest BCUT2D eigenvalue weighted by molar-refractivity contribution is 7.89. The maximum Gasteiger partial charge on any atom is 0.322 e. The van der Waals surface area contributed by atoms with Crippen LogP contribution in [0.25, 0.3) is 0 Å². The van der Waals surface area contributed by atoms with Crippen LogP contribution in [0.3, 0.4) is 0 Å². The molecule has 1 aromatic rings. The second kappa shape index (κ2) is 5.28. The molecular weight excluding hydrogens is 268 g/mol. The summed E-state index contributed by atoms with van der Waals surface area (Å²) >= 11 is 0. The third-order valence-electron chi connectivity index (χ3n) is 3.10. The van der Waals surface area contributed by atoms with Crippen LogP contribution >= 0.6 is 0 Å². The zero-order valence-corrected chi connectivity index (χ0v) is 11.4. The van der Waals surface area contributed by atoms with Gasteiger partial charge in [-0.3, -0.25) is 4.79 Å². The Hall–Kier alpha value is -1.44. The van der Waals surface area contributed by atoms with Crippen molar-refractivity contribution in [2.45, 2.75) is 17.9 Å². The van der Waals surface area contributed by atoms with E-state index < -0.39 is 22.0 Å². The number of carboxylic acids is 1. The summed E-state index contributed by atoms with van der Waals surface area (Å²) in [5.74, 6) is -1.04. The smallest absolute Gasteiger partial charge is 0.322 e. The van der Waals surface area contributed by atoms with Crippen LogP contribution in [0.15, 0.2) is 29.2 Å². The third kappa shape index (κ3) is 2.94. The molecular formula is C12H16N2O4S. The Morgan fingerprint density at radius 1 is 1.37 bits per heavy atom. The fraction of sp³-hybridized carbons (Fsp3) is 0.417. The van der Waals surface area contributed by atoms with Crippen molar-refractivity contribution in [2.75, 3.05) is 19.6 Å². The molecule has 1 aromatic carbocycles. The summed E-state index contributed by atoms with van der Waals surface area (Å²) in [5, 5.41) is 11.7. The number of rotatable bonds is 3. The van der Waals surface area contributed by atoms with Crippen LogP contribution in [0.2, 0.25) is 0 Å². The van der Waals surface area contributed by atoms with E-state index in [0.29, 0.717) is 6.54 Å². The average molecular weight is 284 g/mol. The second-order valence-electron chi connectivity index (χ2n) is 4.52. The molecule has 0 bridgehead atoms. The molecule has 0 saturated carbocycles. The van der Waals surface area contributed by atoms with Gasteiger partial charge in [0.15, 0.2) is 0 Å². The zero-order chi connectivity index (χ0) is 14.0. The lowest BCUT2D eigenvalue weighted by Crippen LogP contribution is -2.55. The molecule has 0 spiro atoms. The van der Waals surface area contributed by atoms with Gasteiger partial charge in [0.05, 0.1) is 4.90 Å². The quantitative estimate of drug-likeness (QED) is 0.818. The van der Waals surface area contributed by atoms with Gasteiger partial charge in [0.1, 0.15) is 6.04 Å². The molecule has 19 heavy (non-hydrogen) atoms. The van der Waals surface area contributed by atoms with Crippen molar-refractivity contribution in [3.05, 3.63) is 29.8 Å². The molecule has 1 unspecified atom stereocenters. The summed E-state index contributed by atoms with van der Waals surface area (Å²) in [4.78, 5) is 11.1. The number of benzene rings is 1. The first-order valence-corrected chi connectivity index (χ1v) is 7.38. The predicted molar refractivity (Wildman–Crippen MR) is 69.4 cm³/mol. The van der Waals surface area contributed by atoms with Crippen molar-refractivity contribution >= 4 is 16.0 Å². The van der Waals surface area contributed by atoms with Crippen molar-refractivity contribution in [3.63, 3.8) is 0 Å². The van der Waals surface area contributed by atoms with E-state index in [0.717, 1.165) is 5.56 Å². The van der Waals surface area contributed by atoms with Crippen molar-refractivity contribution in [1.82, 2.24) is 9.62 Å². The Labute approximate surface area is 112 Å². The summed E-state index contributed by atoms with van der Waals surface area (Å²) < 4.78 is 26.0. The number of carboxylic acid groups (broad SMARTS) is 1. The van der Waals surface area contributed by atoms with Gasteiger partial charge < -0.3 is 10.4 Å². The van der Waals surface area contributed by atoms with Gasteiger partial charge in [0, 0.05) is 19.6 Å². The zero-order valence-electron chi connectivity index (χ0n) is 10.5. The molecule has 1 aliphatic heterocycles. The highest BCUT2D eigenvalue weighted by Gasteiger charge is 2.32. The number of aryl methyl sites for hydroxylation is 1. The van der Waals surface area contributed by atoms with Crippen LogP contribution in [0.4, 0.5) is 0 Å². The summed E-state index contributed by atoms with van der Waals surface area (Å²) in [7, 11) is -3.62. The summed E-state index contributed by atoms with van der Waals surface area (Å²) in [6, 6.07) is 5.69. The van der Waals surface area contributed by atoms with E-state index in [-0.39, 0.29) is 18.0 Å². The largest absolute Gasteiger partial charge is 0.480 e. The first kappa shape index (κ1) is 14.0. The van der Waals surface area contributed by atoms with Crippen LogP contribution < -0.4 is 5.32 Å². The fourth-order valence-corrected chi connectivity index (χ4v) is 3.42. The Kier molecular flexibility index (Phi) is 3.88. The van der Waals surface area contributed by atoms with E-state index in [2.05, 4.69) is 5.32 Å². The number of piperazine rings is 1. The van der Waals surface area contributed by atoms with Gasteiger partial charge in [-0.25, -0.2) is 8.42 Å². The van der Waals surface area contributed by atoms with Crippen molar-refractivity contribution < 1.29 is 18.3 Å². The van der Waals surface area contributed by atoms with Crippen molar-refractivity contribution in [1.29, 1.82) is 0 Å². The Balaban J connectivity index is 2.24. The molecule has 1 saturated heterocycles. The Morgan fingerprint density at radius 2 is 2.00 bits per heavy atom. The number of nitrogens with one attached hydrogen (secondary N) is 1. The molecule has 104 valence electrons. The van der Waals surface area contributed by atoms with Gasteiger partial charge in [0.25, 0.3) is 0 Å². The molecule has 6 nitrogen and oxygen atoms in total. The van der Waals surface area contributed by atoms with Gasteiger partial charge in [-0.05, 0) is 19.1 Å². The first-order valence-electron chi connectivity index (χ1n) is 5.94. The van der Waals surface area contributed by atoms with E-state index in [1.54, 1.807) is 24.3 Å². The lowest BCUT2D eigenvalue weighted by atomic mass is 10.2. The van der Waals surface area contributed by atoms with Gasteiger partial charge in [0.2, 0.25) is 10.0 Å². The standard InChI is InChI=1S/C12H16N2O4S/c1-9-2-4-10(5-3-9)19(17,18)14-7-6-13-11(8-14)12(15)16/h2-5,11,13H,6-8H2,1H3,(H,15,16). The van der Waals surface area contributed by atoms with Crippen LogP contribution in [0, 0.1) is 6.92 Å². The number of hydrogen-bond donors (Lipinski definition) is 2. The molecule has 7 heteroatoms. The highest BCUT2D eigenvalue weighted by atomic mass is 32.2. The molecule has 0 amide bonds. The fourth-order valence-electron chi connectivity index (χ4n) is 1.97. The van der Waals surface area contributed by atoms with Crippen LogP contribution in [-0.4, -0.2) is 49.5 Å². The van der Waals surface area contributed by atoms with E-state index in [1.807, 2.05) is 6.92 Å². The van der Waals surface area contributed by atoms with Crippen molar-refractivity contribution in [3.8, 4) is 0 Å². The minimum atomic E-state index is -3.62. The molecule has 1 aliphatic rings. The molecule has 1 atom stereocenters. The van der Waals surface area contributed by atoms with E-state index in [1.165, 1.54) is 4.31 Å². The lowest BCUT2D eigenvalue weighted by molar-refractivity contribution is -0.140. The van der Waals surface area contributed by atoms with Gasteiger partial charge in [-0.15, -0.1) is 0 Å². The third-order valence-corrected chi connectivity index (χ3v) is 4.97. The Morgan fingerprint density at radius 3 is 2.58 bits per heavy atom. The number of sulfonamides is 1. The molecule has 0 aliphatic carbocycles. The Bertz CT molecular complexity index is 568. The van der Waals surface area contributed by atoms with Crippen LogP contribution in [0.5, 0.6) is 0 Å². The van der Waals surface area contributed by atoms with Crippen LogP contribution in [0.1, 0.15) is 5.56 Å². The van der Waals surface area contributed by atoms with E-state index in [9.17, 15) is 13.2 Å². The second-order valence-corrected chi connectivity index (χ2v) is 6.46. The van der Waals surface area contributed by atoms with E-state index in [4.69, 9.17) is 5.11 Å². The number of carbonyl (C=O) groups is 1. The molecule has 0 radical (unpaired) electrons. The summed E-state index contributed by atoms with van der Waals surface area (Å²) in [6.07, 6.45) is 0.